The second-order valence-electron chi connectivity index (χ2n) is 25.6. The molecular weight excluding hydrogens is 1160 g/mol. The van der Waals surface area contributed by atoms with Crippen molar-refractivity contribution >= 4 is 39.5 Å². The van der Waals surface area contributed by atoms with Crippen LogP contribution in [-0.4, -0.2) is 96.7 Å². The number of unbranched alkanes of at least 4 members (excludes halogenated alkanes) is 37. The van der Waals surface area contributed by atoms with Gasteiger partial charge >= 0.3 is 39.5 Å². The number of phosphoric ester groups is 2. The molecule has 3 N–H and O–H groups in total. The highest BCUT2D eigenvalue weighted by Gasteiger charge is 2.30. The summed E-state index contributed by atoms with van der Waals surface area (Å²) in [5, 5.41) is 10.6. The smallest absolute Gasteiger partial charge is 0.462 e. The monoisotopic (exact) mass is 1300 g/mol. The van der Waals surface area contributed by atoms with Crippen LogP contribution in [0.15, 0.2) is 0 Å². The van der Waals surface area contributed by atoms with Crippen LogP contribution in [-0.2, 0) is 65.4 Å². The van der Waals surface area contributed by atoms with E-state index in [2.05, 4.69) is 41.5 Å². The van der Waals surface area contributed by atoms with Crippen molar-refractivity contribution in [2.24, 2.45) is 11.8 Å². The van der Waals surface area contributed by atoms with Gasteiger partial charge in [0, 0.05) is 25.7 Å². The van der Waals surface area contributed by atoms with E-state index in [1.165, 1.54) is 167 Å². The van der Waals surface area contributed by atoms with Gasteiger partial charge in [-0.2, -0.15) is 0 Å². The minimum absolute atomic E-state index is 0.106. The van der Waals surface area contributed by atoms with Gasteiger partial charge in [-0.1, -0.05) is 298 Å². The Bertz CT molecular complexity index is 1720. The molecule has 3 unspecified atom stereocenters. The van der Waals surface area contributed by atoms with Gasteiger partial charge in [-0.15, -0.1) is 0 Å². The third-order valence-corrected chi connectivity index (χ3v) is 18.2. The number of ether oxygens (including phenoxy) is 4. The number of rotatable bonds is 68. The lowest BCUT2D eigenvalue weighted by atomic mass is 9.99. The Labute approximate surface area is 537 Å². The summed E-state index contributed by atoms with van der Waals surface area (Å²) in [5.74, 6) is -0.555. The van der Waals surface area contributed by atoms with E-state index in [1.807, 2.05) is 0 Å². The first-order chi connectivity index (χ1) is 42.4. The zero-order valence-electron chi connectivity index (χ0n) is 57.0. The average Bonchev–Trinajstić information content (AvgIpc) is 3.69. The summed E-state index contributed by atoms with van der Waals surface area (Å²) in [7, 11) is -9.89. The molecule has 6 atom stereocenters. The van der Waals surface area contributed by atoms with Crippen LogP contribution in [0.25, 0.3) is 0 Å². The van der Waals surface area contributed by atoms with Gasteiger partial charge in [0.2, 0.25) is 0 Å². The maximum absolute atomic E-state index is 13.0. The molecule has 0 saturated heterocycles. The van der Waals surface area contributed by atoms with Crippen molar-refractivity contribution in [3.8, 4) is 0 Å². The van der Waals surface area contributed by atoms with Crippen LogP contribution in [0.1, 0.15) is 350 Å². The molecule has 0 aliphatic rings. The van der Waals surface area contributed by atoms with Crippen LogP contribution in [0.2, 0.25) is 0 Å². The summed E-state index contributed by atoms with van der Waals surface area (Å²) in [6.45, 7) is 9.53. The standard InChI is InChI=1S/C69H134O17P2/c1-7-10-12-14-16-18-27-35-41-47-53-68(73)85-64(57-79-66(71)51-45-39-33-25-17-15-13-11-8-2)59-83-87(75,76)81-55-63(70)56-82-88(77,78)84-60-65(58-80-67(72)52-46-40-34-30-29-31-37-43-49-61(4)5)86-69(74)54-48-42-36-28-24-22-20-19-21-23-26-32-38-44-50-62(6)9-3/h61-65,70H,7-60H2,1-6H3,(H,75,76)(H,77,78)/t62?,63-,64+,65+/m0/s1. The summed E-state index contributed by atoms with van der Waals surface area (Å²) in [6.07, 6.45) is 45.8. The quantitative estimate of drug-likeness (QED) is 0.0222. The van der Waals surface area contributed by atoms with Gasteiger partial charge in [0.05, 0.1) is 26.4 Å². The first kappa shape index (κ1) is 86.1. The Morgan fingerprint density at radius 1 is 0.330 bits per heavy atom. The molecule has 88 heavy (non-hydrogen) atoms. The lowest BCUT2D eigenvalue weighted by Gasteiger charge is -2.21. The summed E-state index contributed by atoms with van der Waals surface area (Å²) in [5.41, 5.74) is 0. The van der Waals surface area contributed by atoms with E-state index in [0.29, 0.717) is 25.7 Å². The molecular formula is C69H134O17P2. The summed E-state index contributed by atoms with van der Waals surface area (Å²) < 4.78 is 68.2. The average molecular weight is 1300 g/mol. The second-order valence-corrected chi connectivity index (χ2v) is 28.5. The Kier molecular flexibility index (Phi) is 59.9. The molecule has 0 aliphatic heterocycles. The van der Waals surface area contributed by atoms with Crippen LogP contribution in [0.4, 0.5) is 0 Å². The predicted molar refractivity (Wildman–Crippen MR) is 354 cm³/mol. The van der Waals surface area contributed by atoms with Gasteiger partial charge < -0.3 is 33.8 Å². The van der Waals surface area contributed by atoms with Crippen molar-refractivity contribution in [1.82, 2.24) is 0 Å². The summed E-state index contributed by atoms with van der Waals surface area (Å²) in [6, 6.07) is 0. The molecule has 0 aromatic rings. The van der Waals surface area contributed by atoms with Crippen LogP contribution < -0.4 is 0 Å². The van der Waals surface area contributed by atoms with Crippen LogP contribution in [0.3, 0.4) is 0 Å². The highest BCUT2D eigenvalue weighted by atomic mass is 31.2. The topological polar surface area (TPSA) is 237 Å². The number of hydrogen-bond donors (Lipinski definition) is 3. The molecule has 0 fully saturated rings. The largest absolute Gasteiger partial charge is 0.472 e. The number of aliphatic hydroxyl groups excluding tert-OH is 1. The van der Waals surface area contributed by atoms with Gasteiger partial charge in [0.15, 0.2) is 12.2 Å². The maximum Gasteiger partial charge on any atom is 0.472 e. The number of phosphoric acid groups is 2. The van der Waals surface area contributed by atoms with Crippen molar-refractivity contribution in [1.29, 1.82) is 0 Å². The first-order valence-electron chi connectivity index (χ1n) is 36.0. The predicted octanol–water partition coefficient (Wildman–Crippen LogP) is 19.6. The number of esters is 4. The fourth-order valence-electron chi connectivity index (χ4n) is 10.4. The highest BCUT2D eigenvalue weighted by Crippen LogP contribution is 2.45. The molecule has 0 radical (unpaired) electrons. The van der Waals surface area contributed by atoms with Gasteiger partial charge in [-0.25, -0.2) is 9.13 Å². The van der Waals surface area contributed by atoms with Crippen LogP contribution >= 0.6 is 15.6 Å². The highest BCUT2D eigenvalue weighted by molar-refractivity contribution is 7.47. The summed E-state index contributed by atoms with van der Waals surface area (Å²) in [4.78, 5) is 72.4. The molecule has 0 heterocycles. The molecule has 19 heteroatoms. The minimum atomic E-state index is -4.95. The number of hydrogen-bond acceptors (Lipinski definition) is 15. The molecule has 522 valence electrons. The van der Waals surface area contributed by atoms with Crippen molar-refractivity contribution in [3.05, 3.63) is 0 Å². The first-order valence-corrected chi connectivity index (χ1v) is 39.0. The number of aliphatic hydroxyl groups is 1. The normalized spacial score (nSPS) is 14.5. The van der Waals surface area contributed by atoms with Crippen molar-refractivity contribution in [3.63, 3.8) is 0 Å². The van der Waals surface area contributed by atoms with Gasteiger partial charge in [-0.05, 0) is 37.5 Å². The minimum Gasteiger partial charge on any atom is -0.462 e. The Hall–Kier alpha value is -1.94. The lowest BCUT2D eigenvalue weighted by molar-refractivity contribution is -0.161. The van der Waals surface area contributed by atoms with Crippen molar-refractivity contribution in [2.75, 3.05) is 39.6 Å². The zero-order chi connectivity index (χ0) is 65.0. The molecule has 0 saturated carbocycles. The van der Waals surface area contributed by atoms with E-state index >= 15 is 0 Å². The number of carbonyl (C=O) groups excluding carboxylic acids is 4. The van der Waals surface area contributed by atoms with Crippen molar-refractivity contribution < 1.29 is 80.2 Å². The van der Waals surface area contributed by atoms with E-state index in [4.69, 9.17) is 37.0 Å². The fourth-order valence-corrected chi connectivity index (χ4v) is 12.0. The molecule has 0 rings (SSSR count). The van der Waals surface area contributed by atoms with E-state index in [1.54, 1.807) is 0 Å². The van der Waals surface area contributed by atoms with Gasteiger partial charge in [-0.3, -0.25) is 37.3 Å². The van der Waals surface area contributed by atoms with Crippen molar-refractivity contribution in [2.45, 2.75) is 368 Å². The zero-order valence-corrected chi connectivity index (χ0v) is 58.8. The van der Waals surface area contributed by atoms with E-state index < -0.39 is 97.5 Å². The second kappa shape index (κ2) is 61.3. The fraction of sp³-hybridized carbons (Fsp3) is 0.942. The van der Waals surface area contributed by atoms with E-state index in [9.17, 15) is 43.2 Å². The third-order valence-electron chi connectivity index (χ3n) is 16.3. The van der Waals surface area contributed by atoms with Gasteiger partial charge in [0.25, 0.3) is 0 Å². The molecule has 0 aromatic carbocycles. The number of carbonyl (C=O) groups is 4. The van der Waals surface area contributed by atoms with Crippen LogP contribution in [0, 0.1) is 11.8 Å². The molecule has 0 amide bonds. The van der Waals surface area contributed by atoms with E-state index in [0.717, 1.165) is 102 Å². The maximum atomic E-state index is 13.0. The van der Waals surface area contributed by atoms with E-state index in [-0.39, 0.29) is 25.7 Å². The molecule has 0 aromatic heterocycles. The van der Waals surface area contributed by atoms with Crippen LogP contribution in [0.5, 0.6) is 0 Å². The molecule has 0 aliphatic carbocycles. The lowest BCUT2D eigenvalue weighted by Crippen LogP contribution is -2.30. The third kappa shape index (κ3) is 61.6. The Balaban J connectivity index is 5.20. The van der Waals surface area contributed by atoms with Gasteiger partial charge in [0.1, 0.15) is 19.3 Å². The summed E-state index contributed by atoms with van der Waals surface area (Å²) >= 11 is 0. The Morgan fingerprint density at radius 2 is 0.580 bits per heavy atom. The Morgan fingerprint density at radius 3 is 0.864 bits per heavy atom. The molecule has 17 nitrogen and oxygen atoms in total. The molecule has 0 spiro atoms. The molecule has 0 bridgehead atoms. The SMILES string of the molecule is CCCCCCCCCCCCC(=O)O[C@H](COC(=O)CCCCCCCCCCC)COP(=O)(O)OC[C@H](O)COP(=O)(O)OC[C@@H](COC(=O)CCCCCCCCCCC(C)C)OC(=O)CCCCCCCCCCCCCCCCC(C)CC.